The number of halogens is 2. The molecule has 1 fully saturated rings. The number of fused-ring (bicyclic) bond motifs is 1. The van der Waals surface area contributed by atoms with Gasteiger partial charge in [0, 0.05) is 24.9 Å². The molecule has 0 saturated heterocycles. The van der Waals surface area contributed by atoms with Gasteiger partial charge >= 0.3 is 5.97 Å². The zero-order chi connectivity index (χ0) is 33.0. The van der Waals surface area contributed by atoms with E-state index in [1.165, 1.54) is 18.2 Å². The summed E-state index contributed by atoms with van der Waals surface area (Å²) in [4.78, 5) is 60.2. The van der Waals surface area contributed by atoms with Crippen LogP contribution in [0.2, 0.25) is 0 Å². The number of nitrogens with one attached hydrogen (secondary N) is 3. The molecule has 1 heterocycles. The van der Waals surface area contributed by atoms with Crippen LogP contribution in [0, 0.1) is 18.6 Å². The lowest BCUT2D eigenvalue weighted by Gasteiger charge is -2.23. The van der Waals surface area contributed by atoms with Crippen LogP contribution in [0.1, 0.15) is 104 Å². The maximum atomic E-state index is 13.7. The van der Waals surface area contributed by atoms with Crippen molar-refractivity contribution >= 4 is 29.3 Å². The molecule has 13 heteroatoms. The van der Waals surface area contributed by atoms with Crippen molar-refractivity contribution in [3.63, 3.8) is 0 Å². The highest BCUT2D eigenvalue weighted by Crippen LogP contribution is 2.35. The molecule has 1 saturated carbocycles. The van der Waals surface area contributed by atoms with Crippen LogP contribution in [0.3, 0.4) is 0 Å². The Labute approximate surface area is 263 Å². The fourth-order valence-electron chi connectivity index (χ4n) is 5.98. The van der Waals surface area contributed by atoms with E-state index in [-0.39, 0.29) is 46.5 Å². The minimum absolute atomic E-state index is 0.0610. The normalized spacial score (nSPS) is 16.4. The number of nitrogens with zero attached hydrogens (tertiary/aromatic N) is 2. The third kappa shape index (κ3) is 7.03. The lowest BCUT2D eigenvalue weighted by atomic mass is 9.95. The molecule has 46 heavy (non-hydrogen) atoms. The average Bonchev–Trinajstić information content (AvgIpc) is 3.45. The number of rotatable bonds is 9. The van der Waals surface area contributed by atoms with Gasteiger partial charge in [0.2, 0.25) is 0 Å². The number of aromatic carboxylic acids is 1. The number of hydrogen-bond donors (Lipinski definition) is 5. The van der Waals surface area contributed by atoms with Gasteiger partial charge in [-0.15, -0.1) is 0 Å². The van der Waals surface area contributed by atoms with Gasteiger partial charge in [-0.25, -0.2) is 23.5 Å². The van der Waals surface area contributed by atoms with Crippen LogP contribution in [-0.4, -0.2) is 44.8 Å². The molecule has 5 rings (SSSR count). The molecular formula is C33H34F2N6O5. The van der Waals surface area contributed by atoms with Gasteiger partial charge in [0.1, 0.15) is 11.4 Å². The maximum Gasteiger partial charge on any atom is 0.335 e. The number of carbonyl (C=O) groups excluding carboxylic acids is 3. The minimum Gasteiger partial charge on any atom is -0.478 e. The predicted molar refractivity (Wildman–Crippen MR) is 163 cm³/mol. The minimum atomic E-state index is -1.07. The smallest absolute Gasteiger partial charge is 0.335 e. The molecule has 2 aromatic carbocycles. The average molecular weight is 633 g/mol. The highest BCUT2D eigenvalue weighted by Gasteiger charge is 2.29. The molecule has 1 aromatic heterocycles. The van der Waals surface area contributed by atoms with E-state index in [9.17, 15) is 33.1 Å². The van der Waals surface area contributed by atoms with Gasteiger partial charge < -0.3 is 26.8 Å². The number of carbonyl (C=O) groups is 4. The first-order chi connectivity index (χ1) is 22.0. The van der Waals surface area contributed by atoms with Gasteiger partial charge in [-0.1, -0.05) is 31.4 Å². The molecule has 6 N–H and O–H groups in total. The second-order valence-corrected chi connectivity index (χ2v) is 11.5. The van der Waals surface area contributed by atoms with Crippen LogP contribution in [0.5, 0.6) is 0 Å². The van der Waals surface area contributed by atoms with Crippen molar-refractivity contribution in [3.05, 3.63) is 99.3 Å². The zero-order valence-corrected chi connectivity index (χ0v) is 25.2. The van der Waals surface area contributed by atoms with Crippen molar-refractivity contribution in [1.29, 1.82) is 0 Å². The van der Waals surface area contributed by atoms with Crippen LogP contribution in [-0.2, 0) is 17.8 Å². The fraction of sp³-hybridized carbons (Fsp3) is 0.333. The summed E-state index contributed by atoms with van der Waals surface area (Å²) in [5, 5.41) is 17.9. The van der Waals surface area contributed by atoms with Gasteiger partial charge in [0.25, 0.3) is 17.7 Å². The standard InChI is InChI=1S/C33H34F2N6O5/c1-17-20-10-12-26(22(20)9-8-21(17)33(45)46)41-32(44)28-14-27(31(43)37-16-18-7-11-24(34)25(35)13-18)39-29(40-28)23(15-36)30(42)38-19-5-3-2-4-6-19/h7-9,11,13-15,19,26H,2-6,10,12,16,36H2,1H3,(H,37,43)(H,38,42)(H,41,44)(H,45,46)/t26-/m0/s1. The van der Waals surface area contributed by atoms with Gasteiger partial charge in [-0.2, -0.15) is 0 Å². The summed E-state index contributed by atoms with van der Waals surface area (Å²) in [6.45, 7) is 1.56. The summed E-state index contributed by atoms with van der Waals surface area (Å²) in [5.41, 5.74) is 8.00. The fourth-order valence-corrected chi connectivity index (χ4v) is 5.98. The number of nitrogens with two attached hydrogens (primary N) is 1. The van der Waals surface area contributed by atoms with Crippen LogP contribution < -0.4 is 21.7 Å². The van der Waals surface area contributed by atoms with Crippen molar-refractivity contribution in [2.45, 2.75) is 70.5 Å². The molecule has 0 aliphatic heterocycles. The molecule has 2 aliphatic rings. The van der Waals surface area contributed by atoms with E-state index in [0.29, 0.717) is 18.4 Å². The number of carboxylic acids is 1. The van der Waals surface area contributed by atoms with Crippen molar-refractivity contribution in [2.75, 3.05) is 0 Å². The molecule has 11 nitrogen and oxygen atoms in total. The molecule has 0 unspecified atom stereocenters. The first-order valence-electron chi connectivity index (χ1n) is 15.1. The van der Waals surface area contributed by atoms with Crippen molar-refractivity contribution in [3.8, 4) is 0 Å². The van der Waals surface area contributed by atoms with Gasteiger partial charge in [-0.3, -0.25) is 14.4 Å². The lowest BCUT2D eigenvalue weighted by Crippen LogP contribution is -2.37. The Bertz CT molecular complexity index is 1740. The second-order valence-electron chi connectivity index (χ2n) is 11.5. The second kappa shape index (κ2) is 13.8. The SMILES string of the molecule is Cc1c(C(=O)O)ccc2c1CC[C@@H]2NC(=O)c1cc(C(=O)NCc2ccc(F)c(F)c2)nc(C(=CN)C(=O)NC2CCCCC2)n1. The molecule has 1 atom stereocenters. The molecule has 3 amide bonds. The molecule has 0 radical (unpaired) electrons. The largest absolute Gasteiger partial charge is 0.478 e. The van der Waals surface area contributed by atoms with E-state index < -0.39 is 41.4 Å². The van der Waals surface area contributed by atoms with Crippen molar-refractivity contribution in [2.24, 2.45) is 5.73 Å². The maximum absolute atomic E-state index is 13.7. The zero-order valence-electron chi connectivity index (χ0n) is 25.2. The summed E-state index contributed by atoms with van der Waals surface area (Å²) in [6, 6.07) is 7.04. The molecule has 0 bridgehead atoms. The van der Waals surface area contributed by atoms with E-state index in [4.69, 9.17) is 5.73 Å². The van der Waals surface area contributed by atoms with Crippen LogP contribution >= 0.6 is 0 Å². The summed E-state index contributed by atoms with van der Waals surface area (Å²) in [6.07, 6.45) is 6.74. The van der Waals surface area contributed by atoms with Gasteiger partial charge in [-0.05, 0) is 73.1 Å². The Hall–Kier alpha value is -5.20. The quantitative estimate of drug-likeness (QED) is 0.221. The summed E-state index contributed by atoms with van der Waals surface area (Å²) in [5.74, 6) is -5.33. The lowest BCUT2D eigenvalue weighted by molar-refractivity contribution is -0.116. The van der Waals surface area contributed by atoms with E-state index in [0.717, 1.165) is 61.6 Å². The number of benzene rings is 2. The Kier molecular flexibility index (Phi) is 9.69. The number of hydrogen-bond acceptors (Lipinski definition) is 7. The molecule has 0 spiro atoms. The Morgan fingerprint density at radius 3 is 2.33 bits per heavy atom. The van der Waals surface area contributed by atoms with E-state index >= 15 is 0 Å². The summed E-state index contributed by atoms with van der Waals surface area (Å²) < 4.78 is 27.1. The number of carboxylic acid groups (broad SMARTS) is 1. The van der Waals surface area contributed by atoms with Crippen LogP contribution in [0.25, 0.3) is 5.57 Å². The summed E-state index contributed by atoms with van der Waals surface area (Å²) >= 11 is 0. The molecule has 240 valence electrons. The van der Waals surface area contributed by atoms with Crippen LogP contribution in [0.4, 0.5) is 8.78 Å². The predicted octanol–water partition coefficient (Wildman–Crippen LogP) is 3.86. The molecular weight excluding hydrogens is 598 g/mol. The van der Waals surface area contributed by atoms with E-state index in [1.54, 1.807) is 13.0 Å². The van der Waals surface area contributed by atoms with Gasteiger partial charge in [0.05, 0.1) is 17.2 Å². The molecule has 2 aliphatic carbocycles. The molecule has 3 aromatic rings. The monoisotopic (exact) mass is 632 g/mol. The Balaban J connectivity index is 1.42. The first-order valence-corrected chi connectivity index (χ1v) is 15.1. The topological polar surface area (TPSA) is 176 Å². The summed E-state index contributed by atoms with van der Waals surface area (Å²) in [7, 11) is 0. The first kappa shape index (κ1) is 32.2. The van der Waals surface area contributed by atoms with E-state index in [2.05, 4.69) is 25.9 Å². The third-order valence-corrected chi connectivity index (χ3v) is 8.45. The van der Waals surface area contributed by atoms with Gasteiger partial charge in [0.15, 0.2) is 17.5 Å². The van der Waals surface area contributed by atoms with Crippen molar-refractivity contribution in [1.82, 2.24) is 25.9 Å². The van der Waals surface area contributed by atoms with E-state index in [1.807, 2.05) is 0 Å². The van der Waals surface area contributed by atoms with Crippen LogP contribution in [0.15, 0.2) is 42.6 Å². The third-order valence-electron chi connectivity index (χ3n) is 8.45. The highest BCUT2D eigenvalue weighted by atomic mass is 19.2. The number of amides is 3. The number of aromatic nitrogens is 2. The Morgan fingerprint density at radius 2 is 1.65 bits per heavy atom. The Morgan fingerprint density at radius 1 is 0.935 bits per heavy atom. The van der Waals surface area contributed by atoms with Crippen molar-refractivity contribution < 1.29 is 33.1 Å². The highest BCUT2D eigenvalue weighted by molar-refractivity contribution is 6.18.